The molecule has 0 bridgehead atoms. The Bertz CT molecular complexity index is 2520. The largest absolute Gasteiger partial charge is 0.456 e. The van der Waals surface area contributed by atoms with E-state index in [2.05, 4.69) is 181 Å². The summed E-state index contributed by atoms with van der Waals surface area (Å²) in [6, 6.07) is 62.6. The molecule has 0 aliphatic rings. The molecule has 1 aromatic heterocycles. The Balaban J connectivity index is 1.16. The molecular formula is C44H29NO. The van der Waals surface area contributed by atoms with Crippen molar-refractivity contribution in [2.45, 2.75) is 0 Å². The Morgan fingerprint density at radius 2 is 1.00 bits per heavy atom. The Kier molecular flexibility index (Phi) is 6.17. The number of para-hydroxylation sites is 1. The molecule has 0 unspecified atom stereocenters. The zero-order valence-corrected chi connectivity index (χ0v) is 25.1. The molecule has 0 saturated heterocycles. The van der Waals surface area contributed by atoms with Gasteiger partial charge in [-0.05, 0) is 92.3 Å². The van der Waals surface area contributed by atoms with Gasteiger partial charge in [0.2, 0.25) is 0 Å². The Morgan fingerprint density at radius 3 is 1.87 bits per heavy atom. The first-order valence-corrected chi connectivity index (χ1v) is 15.7. The van der Waals surface area contributed by atoms with Crippen LogP contribution in [-0.4, -0.2) is 0 Å². The molecule has 2 heteroatoms. The average Bonchev–Trinajstić information content (AvgIpc) is 3.50. The van der Waals surface area contributed by atoms with Crippen LogP contribution < -0.4 is 4.90 Å². The second kappa shape index (κ2) is 10.8. The van der Waals surface area contributed by atoms with Crippen LogP contribution in [0, 0.1) is 0 Å². The molecule has 0 atom stereocenters. The Labute approximate surface area is 267 Å². The van der Waals surface area contributed by atoms with Gasteiger partial charge in [0.1, 0.15) is 11.2 Å². The van der Waals surface area contributed by atoms with Crippen LogP contribution in [0.15, 0.2) is 180 Å². The third-order valence-electron chi connectivity index (χ3n) is 9.04. The average molecular weight is 588 g/mol. The summed E-state index contributed by atoms with van der Waals surface area (Å²) in [5.41, 5.74) is 9.78. The fourth-order valence-electron chi connectivity index (χ4n) is 6.83. The molecule has 1 heterocycles. The predicted octanol–water partition coefficient (Wildman–Crippen LogP) is 12.7. The molecule has 0 spiro atoms. The van der Waals surface area contributed by atoms with Gasteiger partial charge in [-0.25, -0.2) is 0 Å². The summed E-state index contributed by atoms with van der Waals surface area (Å²) in [5.74, 6) is 0. The topological polar surface area (TPSA) is 16.4 Å². The molecule has 9 aromatic rings. The molecule has 2 nitrogen and oxygen atoms in total. The maximum atomic E-state index is 6.57. The van der Waals surface area contributed by atoms with Crippen molar-refractivity contribution in [2.75, 3.05) is 4.90 Å². The first-order chi connectivity index (χ1) is 22.8. The van der Waals surface area contributed by atoms with E-state index in [1.165, 1.54) is 43.8 Å². The number of rotatable bonds is 5. The lowest BCUT2D eigenvalue weighted by Crippen LogP contribution is -2.09. The predicted molar refractivity (Wildman–Crippen MR) is 194 cm³/mol. The van der Waals surface area contributed by atoms with Crippen LogP contribution in [0.3, 0.4) is 0 Å². The molecule has 46 heavy (non-hydrogen) atoms. The van der Waals surface area contributed by atoms with Crippen LogP contribution in [0.5, 0.6) is 0 Å². The minimum absolute atomic E-state index is 0.869. The fourth-order valence-corrected chi connectivity index (χ4v) is 6.83. The molecule has 0 radical (unpaired) electrons. The third-order valence-corrected chi connectivity index (χ3v) is 9.04. The second-order valence-electron chi connectivity index (χ2n) is 11.8. The van der Waals surface area contributed by atoms with E-state index < -0.39 is 0 Å². The van der Waals surface area contributed by atoms with Crippen LogP contribution >= 0.6 is 0 Å². The van der Waals surface area contributed by atoms with Crippen molar-refractivity contribution in [1.29, 1.82) is 0 Å². The summed E-state index contributed by atoms with van der Waals surface area (Å²) in [6.45, 7) is 0. The number of fused-ring (bicyclic) bond motifs is 5. The molecule has 0 saturated carbocycles. The van der Waals surface area contributed by atoms with Crippen LogP contribution in [0.2, 0.25) is 0 Å². The van der Waals surface area contributed by atoms with Gasteiger partial charge in [-0.2, -0.15) is 0 Å². The molecule has 8 aromatic carbocycles. The monoisotopic (exact) mass is 587 g/mol. The van der Waals surface area contributed by atoms with E-state index >= 15 is 0 Å². The summed E-state index contributed by atoms with van der Waals surface area (Å²) in [6.07, 6.45) is 0. The highest BCUT2D eigenvalue weighted by molar-refractivity contribution is 6.15. The number of benzene rings is 8. The van der Waals surface area contributed by atoms with Crippen molar-refractivity contribution < 1.29 is 4.42 Å². The van der Waals surface area contributed by atoms with Gasteiger partial charge in [0.25, 0.3) is 0 Å². The van der Waals surface area contributed by atoms with Gasteiger partial charge in [0.15, 0.2) is 0 Å². The zero-order chi connectivity index (χ0) is 30.5. The molecule has 216 valence electrons. The van der Waals surface area contributed by atoms with Crippen LogP contribution in [0.4, 0.5) is 17.1 Å². The standard InChI is InChI=1S/C44H29NO/c1-2-14-35(15-3-1)45(36-24-22-31(23-25-36)34-21-20-30-10-4-5-12-33(30)28-34)37-26-27-41-43(29-37)46-42-19-9-18-40(44(41)42)39-17-8-13-32-11-6-7-16-38(32)39/h1-29H. The van der Waals surface area contributed by atoms with Gasteiger partial charge in [-0.1, -0.05) is 121 Å². The highest BCUT2D eigenvalue weighted by atomic mass is 16.3. The van der Waals surface area contributed by atoms with E-state index in [0.717, 1.165) is 39.0 Å². The quantitative estimate of drug-likeness (QED) is 0.199. The highest BCUT2D eigenvalue weighted by Crippen LogP contribution is 2.42. The van der Waals surface area contributed by atoms with Crippen molar-refractivity contribution >= 4 is 60.5 Å². The number of furan rings is 1. The molecule has 0 aliphatic carbocycles. The molecule has 0 amide bonds. The number of hydrogen-bond donors (Lipinski definition) is 0. The Hall–Kier alpha value is -6.12. The maximum absolute atomic E-state index is 6.57. The van der Waals surface area contributed by atoms with Crippen molar-refractivity contribution in [3.8, 4) is 22.3 Å². The smallest absolute Gasteiger partial charge is 0.137 e. The fraction of sp³-hybridized carbons (Fsp3) is 0. The van der Waals surface area contributed by atoms with Gasteiger partial charge >= 0.3 is 0 Å². The summed E-state index contributed by atoms with van der Waals surface area (Å²) in [7, 11) is 0. The van der Waals surface area contributed by atoms with Gasteiger partial charge in [-0.3, -0.25) is 0 Å². The number of anilines is 3. The van der Waals surface area contributed by atoms with Crippen LogP contribution in [0.1, 0.15) is 0 Å². The van der Waals surface area contributed by atoms with E-state index in [-0.39, 0.29) is 0 Å². The molecule has 9 rings (SSSR count). The lowest BCUT2D eigenvalue weighted by Gasteiger charge is -2.25. The lowest BCUT2D eigenvalue weighted by molar-refractivity contribution is 0.669. The first kappa shape index (κ1) is 26.3. The van der Waals surface area contributed by atoms with E-state index in [4.69, 9.17) is 4.42 Å². The third kappa shape index (κ3) is 4.43. The second-order valence-corrected chi connectivity index (χ2v) is 11.8. The normalized spacial score (nSPS) is 11.5. The van der Waals surface area contributed by atoms with Gasteiger partial charge in [0.05, 0.1) is 0 Å². The summed E-state index contributed by atoms with van der Waals surface area (Å²) >= 11 is 0. The Morgan fingerprint density at radius 1 is 0.348 bits per heavy atom. The van der Waals surface area contributed by atoms with Crippen LogP contribution in [-0.2, 0) is 0 Å². The van der Waals surface area contributed by atoms with E-state index in [1.807, 2.05) is 0 Å². The first-order valence-electron chi connectivity index (χ1n) is 15.7. The molecular weight excluding hydrogens is 558 g/mol. The molecule has 0 N–H and O–H groups in total. The van der Waals surface area contributed by atoms with E-state index in [1.54, 1.807) is 0 Å². The number of nitrogens with zero attached hydrogens (tertiary/aromatic N) is 1. The van der Waals surface area contributed by atoms with E-state index in [9.17, 15) is 0 Å². The lowest BCUT2D eigenvalue weighted by atomic mass is 9.94. The SMILES string of the molecule is c1ccc(N(c2ccc(-c3ccc4ccccc4c3)cc2)c2ccc3c(c2)oc2cccc(-c4cccc5ccccc45)c23)cc1. The summed E-state index contributed by atoms with van der Waals surface area (Å²) in [5, 5.41) is 7.23. The minimum Gasteiger partial charge on any atom is -0.456 e. The van der Waals surface area contributed by atoms with E-state index in [0.29, 0.717) is 0 Å². The maximum Gasteiger partial charge on any atom is 0.137 e. The molecule has 0 aliphatic heterocycles. The van der Waals surface area contributed by atoms with Crippen molar-refractivity contribution in [2.24, 2.45) is 0 Å². The van der Waals surface area contributed by atoms with Crippen molar-refractivity contribution in [3.63, 3.8) is 0 Å². The van der Waals surface area contributed by atoms with Gasteiger partial charge < -0.3 is 9.32 Å². The zero-order valence-electron chi connectivity index (χ0n) is 25.1. The minimum atomic E-state index is 0.869. The van der Waals surface area contributed by atoms with Crippen molar-refractivity contribution in [3.05, 3.63) is 176 Å². The van der Waals surface area contributed by atoms with Gasteiger partial charge in [0, 0.05) is 33.9 Å². The highest BCUT2D eigenvalue weighted by Gasteiger charge is 2.18. The summed E-state index contributed by atoms with van der Waals surface area (Å²) in [4.78, 5) is 2.29. The van der Waals surface area contributed by atoms with Gasteiger partial charge in [-0.15, -0.1) is 0 Å². The number of hydrogen-bond acceptors (Lipinski definition) is 2. The van der Waals surface area contributed by atoms with Crippen LogP contribution in [0.25, 0.3) is 65.7 Å². The molecule has 0 fully saturated rings. The summed E-state index contributed by atoms with van der Waals surface area (Å²) < 4.78 is 6.57. The van der Waals surface area contributed by atoms with Crippen molar-refractivity contribution in [1.82, 2.24) is 0 Å².